The van der Waals surface area contributed by atoms with Gasteiger partial charge in [0.15, 0.2) is 0 Å². The summed E-state index contributed by atoms with van der Waals surface area (Å²) in [6.45, 7) is 16.7. The molecule has 0 aromatic carbocycles. The lowest BCUT2D eigenvalue weighted by Crippen LogP contribution is -2.58. The predicted molar refractivity (Wildman–Crippen MR) is 86.3 cm³/mol. The third-order valence-electron chi connectivity index (χ3n) is 5.06. The minimum atomic E-state index is 0.284. The highest BCUT2D eigenvalue weighted by atomic mass is 15.3. The van der Waals surface area contributed by atoms with E-state index >= 15 is 0 Å². The molecule has 0 radical (unpaired) electrons. The number of nitrogens with one attached hydrogen (secondary N) is 1. The molecule has 0 aromatic rings. The van der Waals surface area contributed by atoms with Crippen molar-refractivity contribution in [2.45, 2.75) is 45.2 Å². The van der Waals surface area contributed by atoms with Crippen molar-refractivity contribution in [2.75, 3.05) is 59.4 Å². The Kier molecular flexibility index (Phi) is 5.84. The highest BCUT2D eigenvalue weighted by molar-refractivity contribution is 4.89. The van der Waals surface area contributed by atoms with Crippen molar-refractivity contribution in [3.05, 3.63) is 0 Å². The molecule has 2 aliphatic heterocycles. The van der Waals surface area contributed by atoms with Crippen LogP contribution >= 0.6 is 0 Å². The smallest absolute Gasteiger partial charge is 0.0281 e. The van der Waals surface area contributed by atoms with E-state index in [1.165, 1.54) is 52.1 Å². The summed E-state index contributed by atoms with van der Waals surface area (Å²) in [5.74, 6) is 0. The summed E-state index contributed by atoms with van der Waals surface area (Å²) in [6, 6.07) is 0.781. The highest BCUT2D eigenvalue weighted by Gasteiger charge is 2.31. The fourth-order valence-electron chi connectivity index (χ4n) is 3.97. The zero-order valence-electron chi connectivity index (χ0n) is 14.0. The summed E-state index contributed by atoms with van der Waals surface area (Å²) in [5.41, 5.74) is 0.284. The first-order chi connectivity index (χ1) is 9.53. The van der Waals surface area contributed by atoms with Crippen LogP contribution in [0.1, 0.15) is 33.6 Å². The van der Waals surface area contributed by atoms with Crippen molar-refractivity contribution in [3.8, 4) is 0 Å². The second kappa shape index (κ2) is 7.21. The SMILES string of the molecule is CCN1CCCC1CN(C)CC(C)(C)N1CCNCC1. The van der Waals surface area contributed by atoms with Gasteiger partial charge in [0.05, 0.1) is 0 Å². The third kappa shape index (κ3) is 4.17. The maximum atomic E-state index is 3.45. The molecule has 20 heavy (non-hydrogen) atoms. The molecule has 0 amide bonds. The van der Waals surface area contributed by atoms with Gasteiger partial charge in [-0.3, -0.25) is 9.80 Å². The van der Waals surface area contributed by atoms with Gasteiger partial charge in [-0.05, 0) is 46.8 Å². The monoisotopic (exact) mass is 282 g/mol. The predicted octanol–water partition coefficient (Wildman–Crippen LogP) is 1.09. The molecule has 1 N–H and O–H groups in total. The van der Waals surface area contributed by atoms with Gasteiger partial charge in [0.1, 0.15) is 0 Å². The van der Waals surface area contributed by atoms with Crippen LogP contribution < -0.4 is 5.32 Å². The van der Waals surface area contributed by atoms with Crippen molar-refractivity contribution in [2.24, 2.45) is 0 Å². The first-order valence-corrected chi connectivity index (χ1v) is 8.41. The Morgan fingerprint density at radius 2 is 1.90 bits per heavy atom. The van der Waals surface area contributed by atoms with Gasteiger partial charge >= 0.3 is 0 Å². The zero-order valence-corrected chi connectivity index (χ0v) is 14.0. The molecular formula is C16H34N4. The topological polar surface area (TPSA) is 21.8 Å². The largest absolute Gasteiger partial charge is 0.314 e. The maximum Gasteiger partial charge on any atom is 0.0281 e. The molecule has 2 saturated heterocycles. The van der Waals surface area contributed by atoms with E-state index in [1.807, 2.05) is 0 Å². The fraction of sp³-hybridized carbons (Fsp3) is 1.00. The van der Waals surface area contributed by atoms with E-state index in [-0.39, 0.29) is 5.54 Å². The van der Waals surface area contributed by atoms with Gasteiger partial charge in [0.25, 0.3) is 0 Å². The van der Waals surface area contributed by atoms with Crippen molar-refractivity contribution in [1.82, 2.24) is 20.0 Å². The van der Waals surface area contributed by atoms with Crippen molar-refractivity contribution in [1.29, 1.82) is 0 Å². The number of nitrogens with zero attached hydrogens (tertiary/aromatic N) is 3. The molecule has 1 atom stereocenters. The van der Waals surface area contributed by atoms with Crippen molar-refractivity contribution < 1.29 is 0 Å². The number of hydrogen-bond acceptors (Lipinski definition) is 4. The van der Waals surface area contributed by atoms with E-state index in [0.29, 0.717) is 0 Å². The summed E-state index contributed by atoms with van der Waals surface area (Å²) in [6.07, 6.45) is 2.76. The van der Waals surface area contributed by atoms with Gasteiger partial charge in [0.2, 0.25) is 0 Å². The van der Waals surface area contributed by atoms with Crippen LogP contribution in [0, 0.1) is 0 Å². The van der Waals surface area contributed by atoms with Crippen LogP contribution in [-0.4, -0.2) is 85.7 Å². The van der Waals surface area contributed by atoms with Gasteiger partial charge in [0, 0.05) is 50.8 Å². The Labute approximate surface area is 125 Å². The van der Waals surface area contributed by atoms with Crippen molar-refractivity contribution in [3.63, 3.8) is 0 Å². The lowest BCUT2D eigenvalue weighted by molar-refractivity contribution is 0.0635. The normalized spacial score (nSPS) is 26.6. The van der Waals surface area contributed by atoms with Crippen LogP contribution in [0.25, 0.3) is 0 Å². The first kappa shape index (κ1) is 16.2. The standard InChI is InChI=1S/C16H34N4/c1-5-19-10-6-7-15(19)13-18(4)14-16(2,3)20-11-8-17-9-12-20/h15,17H,5-14H2,1-4H3. The van der Waals surface area contributed by atoms with E-state index in [2.05, 4.69) is 47.8 Å². The van der Waals surface area contributed by atoms with Crippen LogP contribution in [-0.2, 0) is 0 Å². The highest BCUT2D eigenvalue weighted by Crippen LogP contribution is 2.20. The molecule has 0 bridgehead atoms. The number of hydrogen-bond donors (Lipinski definition) is 1. The quantitative estimate of drug-likeness (QED) is 0.787. The van der Waals surface area contributed by atoms with E-state index in [4.69, 9.17) is 0 Å². The van der Waals surface area contributed by atoms with E-state index in [1.54, 1.807) is 0 Å². The minimum absolute atomic E-state index is 0.284. The van der Waals surface area contributed by atoms with Gasteiger partial charge in [-0.2, -0.15) is 0 Å². The van der Waals surface area contributed by atoms with Crippen LogP contribution in [0.5, 0.6) is 0 Å². The molecule has 4 nitrogen and oxygen atoms in total. The summed E-state index contributed by atoms with van der Waals surface area (Å²) >= 11 is 0. The van der Waals surface area contributed by atoms with Gasteiger partial charge in [-0.15, -0.1) is 0 Å². The Balaban J connectivity index is 1.81. The van der Waals surface area contributed by atoms with E-state index in [0.717, 1.165) is 19.1 Å². The lowest BCUT2D eigenvalue weighted by Gasteiger charge is -2.43. The molecule has 2 fully saturated rings. The van der Waals surface area contributed by atoms with Gasteiger partial charge < -0.3 is 10.2 Å². The molecular weight excluding hydrogens is 248 g/mol. The molecule has 2 rings (SSSR count). The minimum Gasteiger partial charge on any atom is -0.314 e. The Morgan fingerprint density at radius 3 is 2.55 bits per heavy atom. The third-order valence-corrected chi connectivity index (χ3v) is 5.06. The summed E-state index contributed by atoms with van der Waals surface area (Å²) in [7, 11) is 2.30. The molecule has 1 unspecified atom stereocenters. The molecule has 118 valence electrons. The second-order valence-electron chi connectivity index (χ2n) is 7.17. The number of piperazine rings is 1. The molecule has 0 aliphatic carbocycles. The molecule has 2 aliphatic rings. The Morgan fingerprint density at radius 1 is 1.20 bits per heavy atom. The molecule has 0 saturated carbocycles. The second-order valence-corrected chi connectivity index (χ2v) is 7.17. The van der Waals surface area contributed by atoms with Crippen molar-refractivity contribution >= 4 is 0 Å². The maximum absolute atomic E-state index is 3.45. The molecule has 2 heterocycles. The number of likely N-dealkylation sites (tertiary alicyclic amines) is 1. The Hall–Kier alpha value is -0.160. The number of likely N-dealkylation sites (N-methyl/N-ethyl adjacent to an activating group) is 2. The Bertz CT molecular complexity index is 286. The van der Waals surface area contributed by atoms with Gasteiger partial charge in [-0.1, -0.05) is 6.92 Å². The van der Waals surface area contributed by atoms with Crippen LogP contribution in [0.2, 0.25) is 0 Å². The average Bonchev–Trinajstić information content (AvgIpc) is 2.86. The molecule has 4 heteroatoms. The zero-order chi connectivity index (χ0) is 14.6. The first-order valence-electron chi connectivity index (χ1n) is 8.41. The van der Waals surface area contributed by atoms with Gasteiger partial charge in [-0.25, -0.2) is 0 Å². The fourth-order valence-corrected chi connectivity index (χ4v) is 3.97. The molecule has 0 spiro atoms. The molecule has 0 aromatic heterocycles. The summed E-state index contributed by atoms with van der Waals surface area (Å²) in [4.78, 5) is 7.85. The van der Waals surface area contributed by atoms with E-state index < -0.39 is 0 Å². The lowest BCUT2D eigenvalue weighted by atomic mass is 10.0. The number of rotatable bonds is 6. The van der Waals surface area contributed by atoms with Crippen LogP contribution in [0.4, 0.5) is 0 Å². The van der Waals surface area contributed by atoms with E-state index in [9.17, 15) is 0 Å². The van der Waals surface area contributed by atoms with Crippen LogP contribution in [0.15, 0.2) is 0 Å². The average molecular weight is 282 g/mol. The van der Waals surface area contributed by atoms with Crippen LogP contribution in [0.3, 0.4) is 0 Å². The summed E-state index contributed by atoms with van der Waals surface area (Å²) in [5, 5.41) is 3.45. The summed E-state index contributed by atoms with van der Waals surface area (Å²) < 4.78 is 0.